The van der Waals surface area contributed by atoms with Gasteiger partial charge in [0, 0.05) is 34.6 Å². The number of anilines is 1. The summed E-state index contributed by atoms with van der Waals surface area (Å²) < 4.78 is 0. The minimum absolute atomic E-state index is 0.0467. The van der Waals surface area contributed by atoms with Crippen LogP contribution < -0.4 is 5.73 Å². The standard InChI is InChI=1S/C20H16N4O/c1-12-5-4-8-17(23-12)18-9-15(19(25)20(21)24-18)16-11-22-10-13-6-2-3-7-14(13)16/h2-11,25H,1H3,(H2,21,24). The van der Waals surface area contributed by atoms with Crippen LogP contribution in [0.1, 0.15) is 5.69 Å². The summed E-state index contributed by atoms with van der Waals surface area (Å²) in [6, 6.07) is 15.4. The molecule has 0 radical (unpaired) electrons. The van der Waals surface area contributed by atoms with Crippen molar-refractivity contribution in [2.45, 2.75) is 6.92 Å². The zero-order chi connectivity index (χ0) is 17.4. The minimum atomic E-state index is -0.0467. The van der Waals surface area contributed by atoms with Crippen molar-refractivity contribution in [3.63, 3.8) is 0 Å². The Morgan fingerprint density at radius 3 is 2.56 bits per heavy atom. The Morgan fingerprint density at radius 1 is 0.880 bits per heavy atom. The van der Waals surface area contributed by atoms with Crippen molar-refractivity contribution in [2.75, 3.05) is 5.73 Å². The van der Waals surface area contributed by atoms with E-state index >= 15 is 0 Å². The molecular formula is C20H16N4O. The molecule has 3 aromatic heterocycles. The summed E-state index contributed by atoms with van der Waals surface area (Å²) in [4.78, 5) is 13.1. The van der Waals surface area contributed by atoms with Gasteiger partial charge < -0.3 is 10.8 Å². The van der Waals surface area contributed by atoms with Gasteiger partial charge in [0.1, 0.15) is 0 Å². The highest BCUT2D eigenvalue weighted by Gasteiger charge is 2.15. The lowest BCUT2D eigenvalue weighted by atomic mass is 9.99. The summed E-state index contributed by atoms with van der Waals surface area (Å²) >= 11 is 0. The minimum Gasteiger partial charge on any atom is -0.504 e. The fourth-order valence-corrected chi connectivity index (χ4v) is 2.91. The molecule has 0 saturated heterocycles. The van der Waals surface area contributed by atoms with Crippen LogP contribution >= 0.6 is 0 Å². The monoisotopic (exact) mass is 328 g/mol. The molecule has 3 heterocycles. The van der Waals surface area contributed by atoms with Crippen molar-refractivity contribution in [2.24, 2.45) is 0 Å². The number of hydrogen-bond donors (Lipinski definition) is 2. The average Bonchev–Trinajstić information content (AvgIpc) is 2.63. The van der Waals surface area contributed by atoms with Gasteiger partial charge in [0.15, 0.2) is 11.6 Å². The number of aromatic hydroxyl groups is 1. The number of nitrogens with two attached hydrogens (primary N) is 1. The summed E-state index contributed by atoms with van der Waals surface area (Å²) in [7, 11) is 0. The Bertz CT molecular complexity index is 1090. The second kappa shape index (κ2) is 5.87. The molecule has 0 bridgehead atoms. The third kappa shape index (κ3) is 2.65. The van der Waals surface area contributed by atoms with Gasteiger partial charge in [-0.15, -0.1) is 0 Å². The summed E-state index contributed by atoms with van der Waals surface area (Å²) in [5.41, 5.74) is 9.58. The third-order valence-electron chi connectivity index (χ3n) is 4.13. The Hall–Kier alpha value is -3.47. The van der Waals surface area contributed by atoms with Gasteiger partial charge in [-0.05, 0) is 30.5 Å². The highest BCUT2D eigenvalue weighted by Crippen LogP contribution is 2.38. The molecule has 0 atom stereocenters. The van der Waals surface area contributed by atoms with Crippen LogP contribution in [-0.2, 0) is 0 Å². The summed E-state index contributed by atoms with van der Waals surface area (Å²) in [6.07, 6.45) is 3.52. The van der Waals surface area contributed by atoms with Crippen LogP contribution in [0.4, 0.5) is 5.82 Å². The van der Waals surface area contributed by atoms with Gasteiger partial charge in [-0.1, -0.05) is 30.3 Å². The highest BCUT2D eigenvalue weighted by molar-refractivity contribution is 5.98. The fourth-order valence-electron chi connectivity index (χ4n) is 2.91. The number of fused-ring (bicyclic) bond motifs is 1. The smallest absolute Gasteiger partial charge is 0.167 e. The largest absolute Gasteiger partial charge is 0.504 e. The van der Waals surface area contributed by atoms with Gasteiger partial charge >= 0.3 is 0 Å². The van der Waals surface area contributed by atoms with Gasteiger partial charge in [-0.25, -0.2) is 4.98 Å². The van der Waals surface area contributed by atoms with E-state index in [1.165, 1.54) is 0 Å². The van der Waals surface area contributed by atoms with E-state index in [9.17, 15) is 5.11 Å². The predicted octanol–water partition coefficient (Wildman–Crippen LogP) is 3.96. The van der Waals surface area contributed by atoms with E-state index in [1.807, 2.05) is 49.4 Å². The first-order chi connectivity index (χ1) is 12.1. The Kier molecular flexibility index (Phi) is 3.54. The van der Waals surface area contributed by atoms with E-state index in [0.717, 1.165) is 22.0 Å². The van der Waals surface area contributed by atoms with Gasteiger partial charge in [-0.2, -0.15) is 0 Å². The van der Waals surface area contributed by atoms with Crippen molar-refractivity contribution in [1.82, 2.24) is 15.0 Å². The first-order valence-electron chi connectivity index (χ1n) is 7.90. The second-order valence-corrected chi connectivity index (χ2v) is 5.86. The zero-order valence-corrected chi connectivity index (χ0v) is 13.6. The van der Waals surface area contributed by atoms with Crippen molar-refractivity contribution in [3.05, 3.63) is 66.6 Å². The summed E-state index contributed by atoms with van der Waals surface area (Å²) in [6.45, 7) is 1.92. The second-order valence-electron chi connectivity index (χ2n) is 5.86. The fraction of sp³-hybridized carbons (Fsp3) is 0.0500. The lowest BCUT2D eigenvalue weighted by Gasteiger charge is -2.12. The maximum Gasteiger partial charge on any atom is 0.167 e. The number of nitrogen functional groups attached to an aromatic ring is 1. The van der Waals surface area contributed by atoms with Crippen LogP contribution in [0.5, 0.6) is 5.75 Å². The van der Waals surface area contributed by atoms with Crippen LogP contribution in [0, 0.1) is 6.92 Å². The maximum absolute atomic E-state index is 10.5. The molecule has 0 spiro atoms. The Balaban J connectivity index is 1.98. The summed E-state index contributed by atoms with van der Waals surface area (Å²) in [5.74, 6) is 0.0262. The van der Waals surface area contributed by atoms with E-state index in [2.05, 4.69) is 15.0 Å². The number of hydrogen-bond acceptors (Lipinski definition) is 5. The number of benzene rings is 1. The van der Waals surface area contributed by atoms with E-state index in [4.69, 9.17) is 5.73 Å². The van der Waals surface area contributed by atoms with Gasteiger partial charge in [0.25, 0.3) is 0 Å². The molecule has 5 heteroatoms. The van der Waals surface area contributed by atoms with Crippen LogP contribution in [0.25, 0.3) is 33.3 Å². The first kappa shape index (κ1) is 15.1. The molecule has 4 aromatic rings. The molecule has 0 amide bonds. The molecular weight excluding hydrogens is 312 g/mol. The molecule has 0 fully saturated rings. The molecule has 5 nitrogen and oxygen atoms in total. The number of nitrogens with zero attached hydrogens (tertiary/aromatic N) is 3. The van der Waals surface area contributed by atoms with E-state index < -0.39 is 0 Å². The van der Waals surface area contributed by atoms with Gasteiger partial charge in [0.05, 0.1) is 11.4 Å². The predicted molar refractivity (Wildman–Crippen MR) is 99.0 cm³/mol. The van der Waals surface area contributed by atoms with Gasteiger partial charge in [0.2, 0.25) is 0 Å². The Labute approximate surface area is 144 Å². The van der Waals surface area contributed by atoms with Crippen molar-refractivity contribution < 1.29 is 5.11 Å². The molecule has 0 unspecified atom stereocenters. The van der Waals surface area contributed by atoms with Crippen molar-refractivity contribution in [3.8, 4) is 28.3 Å². The molecule has 4 rings (SSSR count). The zero-order valence-electron chi connectivity index (χ0n) is 13.6. The van der Waals surface area contributed by atoms with E-state index in [1.54, 1.807) is 18.5 Å². The van der Waals surface area contributed by atoms with Crippen LogP contribution in [0.3, 0.4) is 0 Å². The first-order valence-corrected chi connectivity index (χ1v) is 7.90. The van der Waals surface area contributed by atoms with Crippen molar-refractivity contribution in [1.29, 1.82) is 0 Å². The van der Waals surface area contributed by atoms with E-state index in [-0.39, 0.29) is 11.6 Å². The number of aromatic nitrogens is 3. The number of pyridine rings is 3. The normalized spacial score (nSPS) is 10.9. The number of rotatable bonds is 2. The number of aryl methyl sites for hydroxylation is 1. The molecule has 1 aromatic carbocycles. The quantitative estimate of drug-likeness (QED) is 0.582. The van der Waals surface area contributed by atoms with Crippen molar-refractivity contribution >= 4 is 16.6 Å². The molecule has 0 aliphatic rings. The lowest BCUT2D eigenvalue weighted by Crippen LogP contribution is -1.98. The topological polar surface area (TPSA) is 84.9 Å². The van der Waals surface area contributed by atoms with E-state index in [0.29, 0.717) is 17.0 Å². The SMILES string of the molecule is Cc1cccc(-c2cc(-c3cncc4ccccc34)c(O)c(N)n2)n1. The molecule has 25 heavy (non-hydrogen) atoms. The summed E-state index contributed by atoms with van der Waals surface area (Å²) in [5, 5.41) is 12.5. The lowest BCUT2D eigenvalue weighted by molar-refractivity contribution is 0.478. The van der Waals surface area contributed by atoms with Gasteiger partial charge in [-0.3, -0.25) is 9.97 Å². The third-order valence-corrected chi connectivity index (χ3v) is 4.13. The maximum atomic E-state index is 10.5. The van der Waals surface area contributed by atoms with Crippen LogP contribution in [-0.4, -0.2) is 20.1 Å². The molecule has 0 aliphatic carbocycles. The molecule has 0 saturated carbocycles. The van der Waals surface area contributed by atoms with Crippen LogP contribution in [0.2, 0.25) is 0 Å². The molecule has 0 aliphatic heterocycles. The average molecular weight is 328 g/mol. The Morgan fingerprint density at radius 2 is 1.72 bits per heavy atom. The highest BCUT2D eigenvalue weighted by atomic mass is 16.3. The molecule has 3 N–H and O–H groups in total. The molecule has 122 valence electrons. The van der Waals surface area contributed by atoms with Crippen LogP contribution in [0.15, 0.2) is 60.9 Å².